The van der Waals surface area contributed by atoms with E-state index in [2.05, 4.69) is 5.32 Å². The third-order valence-corrected chi connectivity index (χ3v) is 4.86. The van der Waals surface area contributed by atoms with Crippen molar-refractivity contribution in [2.24, 2.45) is 5.92 Å². The standard InChI is InChI=1S/C21H22ClFN2O3/c1-2-9-28-17-6-3-14(4-7-17)12-24-21(27)15-10-20(26)25(13-15)16-5-8-19(23)18(22)11-16/h3-8,11,15H,2,9-10,12-13H2,1H3,(H,24,27)/t15-/m0/s1. The van der Waals surface area contributed by atoms with Crippen molar-refractivity contribution in [3.05, 3.63) is 58.9 Å². The fourth-order valence-electron chi connectivity index (χ4n) is 3.04. The molecule has 0 aromatic heterocycles. The molecule has 0 bridgehead atoms. The molecular weight excluding hydrogens is 383 g/mol. The average molecular weight is 405 g/mol. The van der Waals surface area contributed by atoms with Crippen LogP contribution in [-0.4, -0.2) is 25.0 Å². The fourth-order valence-corrected chi connectivity index (χ4v) is 3.22. The zero-order chi connectivity index (χ0) is 20.1. The molecule has 0 saturated carbocycles. The van der Waals surface area contributed by atoms with Crippen molar-refractivity contribution in [3.63, 3.8) is 0 Å². The highest BCUT2D eigenvalue weighted by Crippen LogP contribution is 2.28. The number of amides is 2. The third-order valence-electron chi connectivity index (χ3n) is 4.57. The molecule has 0 unspecified atom stereocenters. The Morgan fingerprint density at radius 2 is 2.04 bits per heavy atom. The van der Waals surface area contributed by atoms with Gasteiger partial charge in [0.05, 0.1) is 17.5 Å². The lowest BCUT2D eigenvalue weighted by Gasteiger charge is -2.17. The molecule has 1 saturated heterocycles. The Bertz CT molecular complexity index is 857. The highest BCUT2D eigenvalue weighted by molar-refractivity contribution is 6.31. The molecule has 1 aliphatic heterocycles. The van der Waals surface area contributed by atoms with Crippen LogP contribution < -0.4 is 15.0 Å². The minimum atomic E-state index is -0.544. The van der Waals surface area contributed by atoms with Crippen LogP contribution in [0.25, 0.3) is 0 Å². The molecule has 7 heteroatoms. The van der Waals surface area contributed by atoms with E-state index in [0.717, 1.165) is 17.7 Å². The summed E-state index contributed by atoms with van der Waals surface area (Å²) >= 11 is 5.79. The van der Waals surface area contributed by atoms with Crippen molar-refractivity contribution in [1.29, 1.82) is 0 Å². The van der Waals surface area contributed by atoms with Crippen molar-refractivity contribution in [2.75, 3.05) is 18.1 Å². The normalized spacial score (nSPS) is 16.3. The van der Waals surface area contributed by atoms with Crippen molar-refractivity contribution in [3.8, 4) is 5.75 Å². The number of carbonyl (C=O) groups is 2. The van der Waals surface area contributed by atoms with Crippen LogP contribution in [0.3, 0.4) is 0 Å². The van der Waals surface area contributed by atoms with E-state index in [1.54, 1.807) is 0 Å². The van der Waals surface area contributed by atoms with Crippen molar-refractivity contribution < 1.29 is 18.7 Å². The summed E-state index contributed by atoms with van der Waals surface area (Å²) in [6.07, 6.45) is 1.06. The average Bonchev–Trinajstić information content (AvgIpc) is 3.09. The molecule has 0 spiro atoms. The first kappa shape index (κ1) is 20.1. The summed E-state index contributed by atoms with van der Waals surface area (Å²) < 4.78 is 18.9. The molecule has 1 aliphatic rings. The minimum Gasteiger partial charge on any atom is -0.494 e. The topological polar surface area (TPSA) is 58.6 Å². The lowest BCUT2D eigenvalue weighted by molar-refractivity contribution is -0.126. The van der Waals surface area contributed by atoms with Crippen LogP contribution in [0, 0.1) is 11.7 Å². The quantitative estimate of drug-likeness (QED) is 0.760. The molecule has 1 heterocycles. The Kier molecular flexibility index (Phi) is 6.52. The number of halogens is 2. The van der Waals surface area contributed by atoms with Crippen LogP contribution in [0.1, 0.15) is 25.3 Å². The molecule has 148 valence electrons. The predicted octanol–water partition coefficient (Wildman–Crippen LogP) is 3.94. The monoisotopic (exact) mass is 404 g/mol. The van der Waals surface area contributed by atoms with Gasteiger partial charge in [-0.1, -0.05) is 30.7 Å². The van der Waals surface area contributed by atoms with E-state index < -0.39 is 11.7 Å². The number of anilines is 1. The number of nitrogens with zero attached hydrogens (tertiary/aromatic N) is 1. The highest BCUT2D eigenvalue weighted by atomic mass is 35.5. The van der Waals surface area contributed by atoms with E-state index >= 15 is 0 Å². The first-order valence-corrected chi connectivity index (χ1v) is 9.60. The van der Waals surface area contributed by atoms with E-state index in [9.17, 15) is 14.0 Å². The van der Waals surface area contributed by atoms with Gasteiger partial charge in [-0.3, -0.25) is 9.59 Å². The van der Waals surface area contributed by atoms with E-state index in [1.807, 2.05) is 31.2 Å². The maximum absolute atomic E-state index is 13.3. The van der Waals surface area contributed by atoms with Crippen molar-refractivity contribution >= 4 is 29.1 Å². The van der Waals surface area contributed by atoms with Gasteiger partial charge in [-0.05, 0) is 42.3 Å². The first-order valence-electron chi connectivity index (χ1n) is 9.22. The number of rotatable bonds is 7. The number of benzene rings is 2. The zero-order valence-corrected chi connectivity index (χ0v) is 16.3. The van der Waals surface area contributed by atoms with Gasteiger partial charge in [0.1, 0.15) is 11.6 Å². The Labute approximate surface area is 168 Å². The number of ether oxygens (including phenoxy) is 1. The molecule has 1 atom stereocenters. The lowest BCUT2D eigenvalue weighted by atomic mass is 10.1. The molecule has 0 radical (unpaired) electrons. The van der Waals surface area contributed by atoms with Crippen LogP contribution in [0.2, 0.25) is 5.02 Å². The molecule has 1 fully saturated rings. The largest absolute Gasteiger partial charge is 0.494 e. The van der Waals surface area contributed by atoms with Crippen molar-refractivity contribution in [1.82, 2.24) is 5.32 Å². The fraction of sp³-hybridized carbons (Fsp3) is 0.333. The second-order valence-corrected chi connectivity index (χ2v) is 7.12. The summed E-state index contributed by atoms with van der Waals surface area (Å²) in [4.78, 5) is 26.2. The van der Waals surface area contributed by atoms with Crippen LogP contribution in [0.4, 0.5) is 10.1 Å². The molecule has 0 aliphatic carbocycles. The summed E-state index contributed by atoms with van der Waals surface area (Å²) in [5, 5.41) is 2.82. The summed E-state index contributed by atoms with van der Waals surface area (Å²) in [6, 6.07) is 11.6. The van der Waals surface area contributed by atoms with Gasteiger partial charge in [0.25, 0.3) is 0 Å². The molecule has 3 rings (SSSR count). The second-order valence-electron chi connectivity index (χ2n) is 6.71. The van der Waals surface area contributed by atoms with E-state index in [0.29, 0.717) is 18.8 Å². The van der Waals surface area contributed by atoms with Gasteiger partial charge >= 0.3 is 0 Å². The summed E-state index contributed by atoms with van der Waals surface area (Å²) in [5.74, 6) is -0.566. The third kappa shape index (κ3) is 4.81. The molecule has 2 amide bonds. The smallest absolute Gasteiger partial charge is 0.227 e. The van der Waals surface area contributed by atoms with Crippen LogP contribution >= 0.6 is 11.6 Å². The number of carbonyl (C=O) groups excluding carboxylic acids is 2. The first-order chi connectivity index (χ1) is 13.5. The summed E-state index contributed by atoms with van der Waals surface area (Å²) in [7, 11) is 0. The summed E-state index contributed by atoms with van der Waals surface area (Å²) in [6.45, 7) is 3.33. The number of hydrogen-bond donors (Lipinski definition) is 1. The predicted molar refractivity (Wildman–Crippen MR) is 106 cm³/mol. The molecule has 1 N–H and O–H groups in total. The maximum atomic E-state index is 13.3. The zero-order valence-electron chi connectivity index (χ0n) is 15.6. The maximum Gasteiger partial charge on any atom is 0.227 e. The lowest BCUT2D eigenvalue weighted by Crippen LogP contribution is -2.32. The molecule has 28 heavy (non-hydrogen) atoms. The number of hydrogen-bond acceptors (Lipinski definition) is 3. The number of nitrogens with one attached hydrogen (secondary N) is 1. The van der Waals surface area contributed by atoms with Crippen LogP contribution in [-0.2, 0) is 16.1 Å². The highest BCUT2D eigenvalue weighted by Gasteiger charge is 2.35. The summed E-state index contributed by atoms with van der Waals surface area (Å²) in [5.41, 5.74) is 1.44. The Hall–Kier alpha value is -2.60. The van der Waals surface area contributed by atoms with Crippen molar-refractivity contribution in [2.45, 2.75) is 26.3 Å². The van der Waals surface area contributed by atoms with Gasteiger partial charge in [0, 0.05) is 25.2 Å². The molecule has 5 nitrogen and oxygen atoms in total. The Morgan fingerprint density at radius 1 is 1.29 bits per heavy atom. The van der Waals surface area contributed by atoms with Gasteiger partial charge < -0.3 is 15.0 Å². The van der Waals surface area contributed by atoms with Gasteiger partial charge in [0.15, 0.2) is 0 Å². The van der Waals surface area contributed by atoms with E-state index in [4.69, 9.17) is 16.3 Å². The SMILES string of the molecule is CCCOc1ccc(CNC(=O)[C@H]2CC(=O)N(c3ccc(F)c(Cl)c3)C2)cc1. The van der Waals surface area contributed by atoms with Gasteiger partial charge in [-0.25, -0.2) is 4.39 Å². The molecule has 2 aromatic carbocycles. The van der Waals surface area contributed by atoms with Gasteiger partial charge in [0.2, 0.25) is 11.8 Å². The van der Waals surface area contributed by atoms with E-state index in [-0.39, 0.29) is 29.8 Å². The van der Waals surface area contributed by atoms with Gasteiger partial charge in [-0.2, -0.15) is 0 Å². The van der Waals surface area contributed by atoms with Gasteiger partial charge in [-0.15, -0.1) is 0 Å². The molecular formula is C21H22ClFN2O3. The molecule has 2 aromatic rings. The Morgan fingerprint density at radius 3 is 2.71 bits per heavy atom. The second kappa shape index (κ2) is 9.06. The van der Waals surface area contributed by atoms with Crippen LogP contribution in [0.5, 0.6) is 5.75 Å². The Balaban J connectivity index is 1.55. The minimum absolute atomic E-state index is 0.0513. The van der Waals surface area contributed by atoms with E-state index in [1.165, 1.54) is 23.1 Å². The van der Waals surface area contributed by atoms with Crippen LogP contribution in [0.15, 0.2) is 42.5 Å².